The number of Topliss-reactive ketones (excluding diaryl/α,β-unsaturated/α-hetero) is 1. The third kappa shape index (κ3) is 2.55. The number of hydrogen-bond acceptors (Lipinski definition) is 3. The van der Waals surface area contributed by atoms with Crippen LogP contribution in [0.15, 0.2) is 0 Å². The van der Waals surface area contributed by atoms with E-state index in [1.165, 1.54) is 45.1 Å². The summed E-state index contributed by atoms with van der Waals surface area (Å²) >= 11 is 0. The average molecular weight is 237 g/mol. The van der Waals surface area contributed by atoms with Gasteiger partial charge in [-0.05, 0) is 25.3 Å². The van der Waals surface area contributed by atoms with Crippen LogP contribution < -0.4 is 0 Å². The topological polar surface area (TPSA) is 29.5 Å². The maximum absolute atomic E-state index is 12.2. The molecule has 3 nitrogen and oxygen atoms in total. The largest absolute Gasteiger partial charge is 0.367 e. The molecule has 0 amide bonds. The molecule has 1 saturated carbocycles. The number of carbonyl (C=O) groups excluding carboxylic acids is 1. The van der Waals surface area contributed by atoms with Gasteiger partial charge in [0.1, 0.15) is 6.10 Å². The average Bonchev–Trinajstić information content (AvgIpc) is 2.97. The van der Waals surface area contributed by atoms with Crippen molar-refractivity contribution in [1.29, 1.82) is 0 Å². The zero-order valence-electron chi connectivity index (χ0n) is 10.6. The molecule has 3 fully saturated rings. The van der Waals surface area contributed by atoms with Gasteiger partial charge in [-0.25, -0.2) is 0 Å². The first-order valence-electron chi connectivity index (χ1n) is 7.21. The van der Waals surface area contributed by atoms with Crippen LogP contribution in [-0.4, -0.2) is 42.5 Å². The fourth-order valence-electron chi connectivity index (χ4n) is 3.64. The first kappa shape index (κ1) is 11.7. The SMILES string of the molecule is O=C(CC1CCCC1)C1CN2CCCC2CO1. The second-order valence-electron chi connectivity index (χ2n) is 5.93. The lowest BCUT2D eigenvalue weighted by Crippen LogP contribution is -2.49. The summed E-state index contributed by atoms with van der Waals surface area (Å²) in [6.45, 7) is 2.80. The van der Waals surface area contributed by atoms with E-state index in [2.05, 4.69) is 4.90 Å². The molecule has 0 spiro atoms. The molecule has 2 unspecified atom stereocenters. The first-order valence-corrected chi connectivity index (χ1v) is 7.21. The summed E-state index contributed by atoms with van der Waals surface area (Å²) in [5, 5.41) is 0. The van der Waals surface area contributed by atoms with Gasteiger partial charge in [0.25, 0.3) is 0 Å². The molecule has 2 heterocycles. The predicted molar refractivity (Wildman–Crippen MR) is 65.9 cm³/mol. The molecule has 17 heavy (non-hydrogen) atoms. The summed E-state index contributed by atoms with van der Waals surface area (Å²) in [5.74, 6) is 1.02. The molecule has 0 aromatic heterocycles. The number of morpholine rings is 1. The third-order valence-electron chi connectivity index (χ3n) is 4.71. The molecule has 3 aliphatic rings. The Morgan fingerprint density at radius 3 is 2.82 bits per heavy atom. The van der Waals surface area contributed by atoms with Crippen molar-refractivity contribution in [1.82, 2.24) is 4.90 Å². The fourth-order valence-corrected chi connectivity index (χ4v) is 3.64. The van der Waals surface area contributed by atoms with E-state index in [0.29, 0.717) is 17.7 Å². The standard InChI is InChI=1S/C14H23NO2/c16-13(8-11-4-1-2-5-11)14-9-15-7-3-6-12(15)10-17-14/h11-12,14H,1-10H2. The molecule has 2 saturated heterocycles. The van der Waals surface area contributed by atoms with E-state index in [4.69, 9.17) is 4.74 Å². The summed E-state index contributed by atoms with van der Waals surface area (Å²) in [6.07, 6.45) is 8.32. The Hall–Kier alpha value is -0.410. The molecule has 2 aliphatic heterocycles. The zero-order valence-corrected chi connectivity index (χ0v) is 10.6. The van der Waals surface area contributed by atoms with Gasteiger partial charge in [-0.2, -0.15) is 0 Å². The normalized spacial score (nSPS) is 35.1. The molecule has 96 valence electrons. The van der Waals surface area contributed by atoms with Crippen LogP contribution in [0.25, 0.3) is 0 Å². The minimum Gasteiger partial charge on any atom is -0.367 e. The number of carbonyl (C=O) groups is 1. The van der Waals surface area contributed by atoms with Crippen LogP contribution in [0.5, 0.6) is 0 Å². The van der Waals surface area contributed by atoms with Crippen molar-refractivity contribution >= 4 is 5.78 Å². The van der Waals surface area contributed by atoms with E-state index in [9.17, 15) is 4.79 Å². The van der Waals surface area contributed by atoms with E-state index in [1.54, 1.807) is 0 Å². The lowest BCUT2D eigenvalue weighted by Gasteiger charge is -2.34. The van der Waals surface area contributed by atoms with Gasteiger partial charge in [-0.15, -0.1) is 0 Å². The van der Waals surface area contributed by atoms with Crippen molar-refractivity contribution in [2.24, 2.45) is 5.92 Å². The van der Waals surface area contributed by atoms with Gasteiger partial charge in [0.05, 0.1) is 6.61 Å². The summed E-state index contributed by atoms with van der Waals surface area (Å²) in [6, 6.07) is 0.602. The molecular weight excluding hydrogens is 214 g/mol. The number of nitrogens with zero attached hydrogens (tertiary/aromatic N) is 1. The number of ether oxygens (including phenoxy) is 1. The van der Waals surface area contributed by atoms with E-state index >= 15 is 0 Å². The molecule has 0 aromatic rings. The van der Waals surface area contributed by atoms with Crippen LogP contribution in [0.3, 0.4) is 0 Å². The lowest BCUT2D eigenvalue weighted by molar-refractivity contribution is -0.139. The fraction of sp³-hybridized carbons (Fsp3) is 0.929. The second-order valence-corrected chi connectivity index (χ2v) is 5.93. The second kappa shape index (κ2) is 5.07. The van der Waals surface area contributed by atoms with E-state index < -0.39 is 0 Å². The third-order valence-corrected chi connectivity index (χ3v) is 4.71. The highest BCUT2D eigenvalue weighted by molar-refractivity contribution is 5.83. The minimum absolute atomic E-state index is 0.120. The maximum atomic E-state index is 12.2. The molecule has 2 atom stereocenters. The van der Waals surface area contributed by atoms with Crippen LogP contribution in [0.4, 0.5) is 0 Å². The van der Waals surface area contributed by atoms with Crippen LogP contribution in [0, 0.1) is 5.92 Å². The van der Waals surface area contributed by atoms with Crippen molar-refractivity contribution in [3.63, 3.8) is 0 Å². The summed E-state index contributed by atoms with van der Waals surface area (Å²) in [4.78, 5) is 14.7. The van der Waals surface area contributed by atoms with Gasteiger partial charge in [0.2, 0.25) is 0 Å². The maximum Gasteiger partial charge on any atom is 0.163 e. The van der Waals surface area contributed by atoms with E-state index in [1.807, 2.05) is 0 Å². The van der Waals surface area contributed by atoms with Gasteiger partial charge < -0.3 is 4.74 Å². The van der Waals surface area contributed by atoms with Gasteiger partial charge >= 0.3 is 0 Å². The molecular formula is C14H23NO2. The number of fused-ring (bicyclic) bond motifs is 1. The van der Waals surface area contributed by atoms with Crippen molar-refractivity contribution in [2.45, 2.75) is 57.1 Å². The molecule has 1 aliphatic carbocycles. The quantitative estimate of drug-likeness (QED) is 0.752. The highest BCUT2D eigenvalue weighted by Gasteiger charge is 2.35. The van der Waals surface area contributed by atoms with E-state index in [0.717, 1.165) is 19.6 Å². The molecule has 3 heteroatoms. The summed E-state index contributed by atoms with van der Waals surface area (Å²) in [5.41, 5.74) is 0. The molecule has 0 bridgehead atoms. The molecule has 0 aromatic carbocycles. The Morgan fingerprint density at radius 2 is 2.00 bits per heavy atom. The van der Waals surface area contributed by atoms with E-state index in [-0.39, 0.29) is 6.10 Å². The summed E-state index contributed by atoms with van der Waals surface area (Å²) < 4.78 is 5.77. The van der Waals surface area contributed by atoms with Gasteiger partial charge in [0, 0.05) is 19.0 Å². The Morgan fingerprint density at radius 1 is 1.18 bits per heavy atom. The van der Waals surface area contributed by atoms with Crippen LogP contribution in [0.1, 0.15) is 44.9 Å². The van der Waals surface area contributed by atoms with Crippen molar-refractivity contribution in [2.75, 3.05) is 19.7 Å². The van der Waals surface area contributed by atoms with Crippen molar-refractivity contribution in [3.8, 4) is 0 Å². The van der Waals surface area contributed by atoms with Gasteiger partial charge in [-0.3, -0.25) is 9.69 Å². The Labute approximate surface area is 104 Å². The molecule has 0 N–H and O–H groups in total. The first-order chi connectivity index (χ1) is 8.33. The number of rotatable bonds is 3. The smallest absolute Gasteiger partial charge is 0.163 e. The molecule has 3 rings (SSSR count). The van der Waals surface area contributed by atoms with Gasteiger partial charge in [-0.1, -0.05) is 25.7 Å². The Bertz CT molecular complexity index is 286. The van der Waals surface area contributed by atoms with Crippen LogP contribution >= 0.6 is 0 Å². The highest BCUT2D eigenvalue weighted by Crippen LogP contribution is 2.29. The Kier molecular flexibility index (Phi) is 3.48. The van der Waals surface area contributed by atoms with Crippen LogP contribution in [0.2, 0.25) is 0 Å². The monoisotopic (exact) mass is 237 g/mol. The van der Waals surface area contributed by atoms with Crippen molar-refractivity contribution in [3.05, 3.63) is 0 Å². The minimum atomic E-state index is -0.120. The number of hydrogen-bond donors (Lipinski definition) is 0. The molecule has 0 radical (unpaired) electrons. The van der Waals surface area contributed by atoms with Gasteiger partial charge in [0.15, 0.2) is 5.78 Å². The lowest BCUT2D eigenvalue weighted by atomic mass is 9.97. The number of ketones is 1. The zero-order chi connectivity index (χ0) is 11.7. The Balaban J connectivity index is 1.51. The van der Waals surface area contributed by atoms with Crippen molar-refractivity contribution < 1.29 is 9.53 Å². The highest BCUT2D eigenvalue weighted by atomic mass is 16.5. The van der Waals surface area contributed by atoms with Crippen LogP contribution in [-0.2, 0) is 9.53 Å². The summed E-state index contributed by atoms with van der Waals surface area (Å²) in [7, 11) is 0. The predicted octanol–water partition coefficient (Wildman–Crippen LogP) is 2.00.